The van der Waals surface area contributed by atoms with Gasteiger partial charge in [0.15, 0.2) is 0 Å². The third-order valence-electron chi connectivity index (χ3n) is 3.91. The number of pyridine rings is 1. The van der Waals surface area contributed by atoms with Crippen LogP contribution in [0.3, 0.4) is 0 Å². The molecule has 0 bridgehead atoms. The van der Waals surface area contributed by atoms with Gasteiger partial charge in [-0.25, -0.2) is 9.67 Å². The molecule has 1 amide bonds. The Bertz CT molecular complexity index is 770. The summed E-state index contributed by atoms with van der Waals surface area (Å²) >= 11 is 0. The lowest BCUT2D eigenvalue weighted by molar-refractivity contribution is 0.0926. The number of fused-ring (bicyclic) bond motifs is 2. The highest BCUT2D eigenvalue weighted by Crippen LogP contribution is 2.14. The van der Waals surface area contributed by atoms with Crippen LogP contribution >= 0.6 is 0 Å². The number of hydrogen-bond donors (Lipinski definition) is 1. The SMILES string of the molecule is O=C(NC1CCc2ncnn2C1)c1cc2ccccn2c1. The number of rotatable bonds is 2. The van der Waals surface area contributed by atoms with E-state index in [4.69, 9.17) is 0 Å². The van der Waals surface area contributed by atoms with Crippen LogP contribution in [0.25, 0.3) is 5.52 Å². The number of carbonyl (C=O) groups is 1. The molecule has 6 heteroatoms. The first-order valence-electron chi connectivity index (χ1n) is 7.04. The van der Waals surface area contributed by atoms with Gasteiger partial charge in [-0.05, 0) is 24.6 Å². The average Bonchev–Trinajstić information content (AvgIpc) is 3.13. The van der Waals surface area contributed by atoms with E-state index in [-0.39, 0.29) is 11.9 Å². The van der Waals surface area contributed by atoms with E-state index in [1.807, 2.05) is 45.7 Å². The first kappa shape index (κ1) is 12.1. The second kappa shape index (κ2) is 4.73. The van der Waals surface area contributed by atoms with Crippen molar-refractivity contribution in [3.8, 4) is 0 Å². The molecule has 0 fully saturated rings. The Morgan fingerprint density at radius 3 is 3.24 bits per heavy atom. The number of aromatic nitrogens is 4. The van der Waals surface area contributed by atoms with Crippen LogP contribution in [-0.2, 0) is 13.0 Å². The molecule has 0 saturated carbocycles. The molecule has 4 heterocycles. The summed E-state index contributed by atoms with van der Waals surface area (Å²) in [7, 11) is 0. The van der Waals surface area contributed by atoms with Crippen LogP contribution < -0.4 is 5.32 Å². The van der Waals surface area contributed by atoms with Gasteiger partial charge in [0.2, 0.25) is 0 Å². The molecule has 0 radical (unpaired) electrons. The van der Waals surface area contributed by atoms with E-state index < -0.39 is 0 Å². The maximum Gasteiger partial charge on any atom is 0.253 e. The number of carbonyl (C=O) groups excluding carboxylic acids is 1. The highest BCUT2D eigenvalue weighted by molar-refractivity contribution is 5.95. The van der Waals surface area contributed by atoms with Crippen molar-refractivity contribution in [3.05, 3.63) is 54.4 Å². The Balaban J connectivity index is 1.51. The molecule has 1 atom stereocenters. The van der Waals surface area contributed by atoms with Crippen molar-refractivity contribution in [1.29, 1.82) is 0 Å². The lowest BCUT2D eigenvalue weighted by Gasteiger charge is -2.23. The van der Waals surface area contributed by atoms with Gasteiger partial charge in [-0.2, -0.15) is 5.10 Å². The second-order valence-corrected chi connectivity index (χ2v) is 5.33. The van der Waals surface area contributed by atoms with Gasteiger partial charge < -0.3 is 9.72 Å². The first-order valence-corrected chi connectivity index (χ1v) is 7.04. The maximum absolute atomic E-state index is 12.4. The Kier molecular flexibility index (Phi) is 2.73. The molecule has 21 heavy (non-hydrogen) atoms. The predicted molar refractivity (Wildman–Crippen MR) is 77.0 cm³/mol. The molecular formula is C15H15N5O. The Morgan fingerprint density at radius 1 is 1.38 bits per heavy atom. The zero-order valence-electron chi connectivity index (χ0n) is 11.4. The zero-order valence-corrected chi connectivity index (χ0v) is 11.4. The highest BCUT2D eigenvalue weighted by Gasteiger charge is 2.22. The van der Waals surface area contributed by atoms with Gasteiger partial charge in [0.05, 0.1) is 12.1 Å². The van der Waals surface area contributed by atoms with E-state index in [1.165, 1.54) is 0 Å². The zero-order chi connectivity index (χ0) is 14.2. The third-order valence-corrected chi connectivity index (χ3v) is 3.91. The molecule has 3 aromatic rings. The molecule has 1 aliphatic rings. The average molecular weight is 281 g/mol. The molecule has 0 saturated heterocycles. The summed E-state index contributed by atoms with van der Waals surface area (Å²) in [6, 6.07) is 7.90. The van der Waals surface area contributed by atoms with E-state index >= 15 is 0 Å². The van der Waals surface area contributed by atoms with Crippen LogP contribution in [0.15, 0.2) is 43.0 Å². The molecule has 4 rings (SSSR count). The van der Waals surface area contributed by atoms with Crippen LogP contribution in [0, 0.1) is 0 Å². The van der Waals surface area contributed by atoms with Gasteiger partial charge in [-0.15, -0.1) is 0 Å². The van der Waals surface area contributed by atoms with Gasteiger partial charge in [0, 0.05) is 30.4 Å². The van der Waals surface area contributed by atoms with Crippen molar-refractivity contribution >= 4 is 11.4 Å². The fraction of sp³-hybridized carbons (Fsp3) is 0.267. The summed E-state index contributed by atoms with van der Waals surface area (Å²) in [6.07, 6.45) is 7.11. The van der Waals surface area contributed by atoms with E-state index in [0.29, 0.717) is 12.1 Å². The number of aryl methyl sites for hydroxylation is 1. The van der Waals surface area contributed by atoms with E-state index in [9.17, 15) is 4.79 Å². The minimum absolute atomic E-state index is 0.0349. The van der Waals surface area contributed by atoms with Crippen molar-refractivity contribution in [2.45, 2.75) is 25.4 Å². The smallest absolute Gasteiger partial charge is 0.253 e. The summed E-state index contributed by atoms with van der Waals surface area (Å²) in [5, 5.41) is 7.26. The minimum Gasteiger partial charge on any atom is -0.347 e. The van der Waals surface area contributed by atoms with Crippen LogP contribution in [0.1, 0.15) is 22.6 Å². The number of nitrogens with zero attached hydrogens (tertiary/aromatic N) is 4. The van der Waals surface area contributed by atoms with Crippen molar-refractivity contribution in [2.75, 3.05) is 0 Å². The molecule has 1 unspecified atom stereocenters. The van der Waals surface area contributed by atoms with E-state index in [1.54, 1.807) is 6.33 Å². The predicted octanol–water partition coefficient (Wildman–Crippen LogP) is 1.28. The lowest BCUT2D eigenvalue weighted by atomic mass is 10.1. The fourth-order valence-electron chi connectivity index (χ4n) is 2.80. The largest absolute Gasteiger partial charge is 0.347 e. The summed E-state index contributed by atoms with van der Waals surface area (Å²) in [4.78, 5) is 16.6. The van der Waals surface area contributed by atoms with Crippen molar-refractivity contribution in [2.24, 2.45) is 0 Å². The fourth-order valence-corrected chi connectivity index (χ4v) is 2.80. The van der Waals surface area contributed by atoms with Crippen LogP contribution in [0.5, 0.6) is 0 Å². The summed E-state index contributed by atoms with van der Waals surface area (Å²) in [5.41, 5.74) is 1.70. The normalized spacial score (nSPS) is 17.6. The first-order chi connectivity index (χ1) is 10.3. The van der Waals surface area contributed by atoms with Gasteiger partial charge in [-0.3, -0.25) is 4.79 Å². The highest BCUT2D eigenvalue weighted by atomic mass is 16.1. The van der Waals surface area contributed by atoms with Crippen molar-refractivity contribution in [3.63, 3.8) is 0 Å². The lowest BCUT2D eigenvalue weighted by Crippen LogP contribution is -2.41. The standard InChI is InChI=1S/C15H15N5O/c21-15(11-7-13-3-1-2-6-19(13)8-11)18-12-4-5-14-16-10-17-20(14)9-12/h1-3,6-8,10,12H,4-5,9H2,(H,18,21). The van der Waals surface area contributed by atoms with Crippen LogP contribution in [0.2, 0.25) is 0 Å². The van der Waals surface area contributed by atoms with E-state index in [0.717, 1.165) is 24.2 Å². The number of amides is 1. The molecule has 1 aliphatic heterocycles. The quantitative estimate of drug-likeness (QED) is 0.769. The van der Waals surface area contributed by atoms with Gasteiger partial charge in [0.1, 0.15) is 12.2 Å². The molecule has 0 spiro atoms. The molecule has 106 valence electrons. The van der Waals surface area contributed by atoms with Crippen molar-refractivity contribution < 1.29 is 4.79 Å². The van der Waals surface area contributed by atoms with Crippen molar-refractivity contribution in [1.82, 2.24) is 24.5 Å². The topological polar surface area (TPSA) is 64.2 Å². The summed E-state index contributed by atoms with van der Waals surface area (Å²) < 4.78 is 3.82. The summed E-state index contributed by atoms with van der Waals surface area (Å²) in [5.74, 6) is 0.961. The molecule has 0 aliphatic carbocycles. The monoisotopic (exact) mass is 281 g/mol. The van der Waals surface area contributed by atoms with Crippen LogP contribution in [0.4, 0.5) is 0 Å². The summed E-state index contributed by atoms with van der Waals surface area (Å²) in [6.45, 7) is 0.689. The minimum atomic E-state index is -0.0349. The van der Waals surface area contributed by atoms with Gasteiger partial charge >= 0.3 is 0 Å². The molecule has 6 nitrogen and oxygen atoms in total. The van der Waals surface area contributed by atoms with Gasteiger partial charge in [-0.1, -0.05) is 6.07 Å². The molecular weight excluding hydrogens is 266 g/mol. The third kappa shape index (κ3) is 2.18. The number of nitrogens with one attached hydrogen (secondary N) is 1. The molecule has 1 N–H and O–H groups in total. The molecule has 3 aromatic heterocycles. The number of hydrogen-bond acceptors (Lipinski definition) is 3. The Hall–Kier alpha value is -2.63. The van der Waals surface area contributed by atoms with Gasteiger partial charge in [0.25, 0.3) is 5.91 Å². The Morgan fingerprint density at radius 2 is 2.33 bits per heavy atom. The maximum atomic E-state index is 12.4. The van der Waals surface area contributed by atoms with E-state index in [2.05, 4.69) is 15.4 Å². The van der Waals surface area contributed by atoms with Crippen LogP contribution in [-0.4, -0.2) is 31.1 Å². The second-order valence-electron chi connectivity index (χ2n) is 5.33. The Labute approximate surface area is 121 Å². The molecule has 0 aromatic carbocycles.